The van der Waals surface area contributed by atoms with Gasteiger partial charge in [0.25, 0.3) is 5.91 Å². The van der Waals surface area contributed by atoms with Crippen molar-refractivity contribution in [3.63, 3.8) is 0 Å². The van der Waals surface area contributed by atoms with Crippen molar-refractivity contribution >= 4 is 17.4 Å². The van der Waals surface area contributed by atoms with Crippen LogP contribution in [0.15, 0.2) is 29.4 Å². The van der Waals surface area contributed by atoms with Crippen LogP contribution < -0.4 is 10.2 Å². The van der Waals surface area contributed by atoms with Crippen molar-refractivity contribution < 1.29 is 14.3 Å². The number of amides is 1. The van der Waals surface area contributed by atoms with Gasteiger partial charge in [-0.3, -0.25) is 9.59 Å². The minimum absolute atomic E-state index is 0.0905. The number of nitrogens with zero attached hydrogens (tertiary/aromatic N) is 1. The molecule has 0 aliphatic heterocycles. The lowest BCUT2D eigenvalue weighted by Crippen LogP contribution is -2.32. The van der Waals surface area contributed by atoms with E-state index in [1.807, 2.05) is 38.1 Å². The van der Waals surface area contributed by atoms with Crippen molar-refractivity contribution in [3.8, 4) is 5.75 Å². The molecule has 0 spiro atoms. The standard InChI is InChI=1S/C20H28N2O3/c1-5-14(2)15-6-8-18(9-7-15)25-13-19(24)22-21-16-10-17(23)12-20(3,4)11-16/h6-9,14H,5,10-13H2,1-4H3,(H,22,24). The highest BCUT2D eigenvalue weighted by Crippen LogP contribution is 2.31. The van der Waals surface area contributed by atoms with Gasteiger partial charge in [0, 0.05) is 18.6 Å². The second-order valence-corrected chi connectivity index (χ2v) is 7.61. The highest BCUT2D eigenvalue weighted by atomic mass is 16.5. The molecule has 5 heteroatoms. The van der Waals surface area contributed by atoms with E-state index in [0.29, 0.717) is 24.5 Å². The number of Topliss-reactive ketones (excluding diaryl/α,β-unsaturated/α-hetero) is 1. The molecule has 136 valence electrons. The average Bonchev–Trinajstić information content (AvgIpc) is 2.56. The van der Waals surface area contributed by atoms with Gasteiger partial charge in [-0.1, -0.05) is 39.8 Å². The molecule has 5 nitrogen and oxygen atoms in total. The Bertz CT molecular complexity index is 647. The summed E-state index contributed by atoms with van der Waals surface area (Å²) in [7, 11) is 0. The summed E-state index contributed by atoms with van der Waals surface area (Å²) in [6.07, 6.45) is 2.69. The van der Waals surface area contributed by atoms with E-state index in [0.717, 1.165) is 18.6 Å². The Labute approximate surface area is 149 Å². The summed E-state index contributed by atoms with van der Waals surface area (Å²) < 4.78 is 5.49. The molecule has 1 aliphatic rings. The number of carbonyl (C=O) groups excluding carboxylic acids is 2. The molecule has 25 heavy (non-hydrogen) atoms. The second kappa shape index (κ2) is 8.28. The van der Waals surface area contributed by atoms with Gasteiger partial charge in [0.2, 0.25) is 0 Å². The first-order valence-electron chi connectivity index (χ1n) is 8.88. The van der Waals surface area contributed by atoms with Crippen molar-refractivity contribution in [2.75, 3.05) is 6.61 Å². The van der Waals surface area contributed by atoms with Crippen LogP contribution in [0.5, 0.6) is 5.75 Å². The highest BCUT2D eigenvalue weighted by molar-refractivity contribution is 6.05. The van der Waals surface area contributed by atoms with Crippen LogP contribution in [0.4, 0.5) is 0 Å². The number of nitrogens with one attached hydrogen (secondary N) is 1. The van der Waals surface area contributed by atoms with Crippen LogP contribution >= 0.6 is 0 Å². The Hall–Kier alpha value is -2.17. The van der Waals surface area contributed by atoms with E-state index in [1.54, 1.807) is 0 Å². The van der Waals surface area contributed by atoms with Crippen LogP contribution in [0, 0.1) is 5.41 Å². The zero-order valence-corrected chi connectivity index (χ0v) is 15.6. The SMILES string of the molecule is CCC(C)c1ccc(OCC(=O)NN=C2CC(=O)CC(C)(C)C2)cc1. The smallest absolute Gasteiger partial charge is 0.277 e. The fraction of sp³-hybridized carbons (Fsp3) is 0.550. The molecule has 0 radical (unpaired) electrons. The second-order valence-electron chi connectivity index (χ2n) is 7.61. The Kier molecular flexibility index (Phi) is 6.34. The Morgan fingerprint density at radius 2 is 1.96 bits per heavy atom. The van der Waals surface area contributed by atoms with E-state index in [-0.39, 0.29) is 23.7 Å². The van der Waals surface area contributed by atoms with E-state index in [9.17, 15) is 9.59 Å². The van der Waals surface area contributed by atoms with E-state index < -0.39 is 0 Å². The maximum absolute atomic E-state index is 11.9. The monoisotopic (exact) mass is 344 g/mol. The van der Waals surface area contributed by atoms with Crippen LogP contribution in [0.3, 0.4) is 0 Å². The number of hydrogen-bond donors (Lipinski definition) is 1. The summed E-state index contributed by atoms with van der Waals surface area (Å²) in [4.78, 5) is 23.6. The lowest BCUT2D eigenvalue weighted by molar-refractivity contribution is -0.123. The molecule has 1 aromatic carbocycles. The molecule has 1 atom stereocenters. The van der Waals surface area contributed by atoms with Crippen molar-refractivity contribution in [3.05, 3.63) is 29.8 Å². The number of hydrogen-bond acceptors (Lipinski definition) is 4. The summed E-state index contributed by atoms with van der Waals surface area (Å²) in [5.41, 5.74) is 4.39. The fourth-order valence-electron chi connectivity index (χ4n) is 3.03. The normalized spacial score (nSPS) is 19.5. The number of hydrazone groups is 1. The van der Waals surface area contributed by atoms with Crippen molar-refractivity contribution in [2.24, 2.45) is 10.5 Å². The number of carbonyl (C=O) groups is 2. The quantitative estimate of drug-likeness (QED) is 0.798. The van der Waals surface area contributed by atoms with Crippen molar-refractivity contribution in [1.29, 1.82) is 0 Å². The molecule has 1 amide bonds. The molecule has 0 bridgehead atoms. The van der Waals surface area contributed by atoms with E-state index >= 15 is 0 Å². The maximum Gasteiger partial charge on any atom is 0.277 e. The van der Waals surface area contributed by atoms with Crippen LogP contribution in [-0.4, -0.2) is 24.0 Å². The molecule has 1 saturated carbocycles. The molecule has 0 heterocycles. The molecule has 0 aromatic heterocycles. The number of benzene rings is 1. The van der Waals surface area contributed by atoms with E-state index in [2.05, 4.69) is 24.4 Å². The van der Waals surface area contributed by atoms with E-state index in [1.165, 1.54) is 5.56 Å². The summed E-state index contributed by atoms with van der Waals surface area (Å²) in [6, 6.07) is 7.81. The van der Waals surface area contributed by atoms with Crippen LogP contribution in [0.25, 0.3) is 0 Å². The third-order valence-electron chi connectivity index (χ3n) is 4.53. The molecule has 1 fully saturated rings. The van der Waals surface area contributed by atoms with Gasteiger partial charge in [0.05, 0.1) is 0 Å². The predicted molar refractivity (Wildman–Crippen MR) is 98.9 cm³/mol. The third kappa shape index (κ3) is 6.00. The number of rotatable bonds is 6. The van der Waals surface area contributed by atoms with Gasteiger partial charge >= 0.3 is 0 Å². The first-order chi connectivity index (χ1) is 11.8. The number of ether oxygens (including phenoxy) is 1. The van der Waals surface area contributed by atoms with Gasteiger partial charge in [-0.25, -0.2) is 5.43 Å². The summed E-state index contributed by atoms with van der Waals surface area (Å²) in [5.74, 6) is 1.01. The highest BCUT2D eigenvalue weighted by Gasteiger charge is 2.30. The van der Waals surface area contributed by atoms with Gasteiger partial charge in [-0.05, 0) is 41.9 Å². The average molecular weight is 344 g/mol. The topological polar surface area (TPSA) is 67.8 Å². The lowest BCUT2D eigenvalue weighted by Gasteiger charge is -2.28. The van der Waals surface area contributed by atoms with Crippen molar-refractivity contribution in [2.45, 2.75) is 59.3 Å². The molecular formula is C20H28N2O3. The molecule has 2 rings (SSSR count). The Morgan fingerprint density at radius 1 is 1.28 bits per heavy atom. The largest absolute Gasteiger partial charge is 0.484 e. The van der Waals surface area contributed by atoms with Crippen LogP contribution in [-0.2, 0) is 9.59 Å². The van der Waals surface area contributed by atoms with Gasteiger partial charge in [0.1, 0.15) is 11.5 Å². The maximum atomic E-state index is 11.9. The molecule has 1 unspecified atom stereocenters. The summed E-state index contributed by atoms with van der Waals surface area (Å²) in [6.45, 7) is 8.31. The molecule has 1 N–H and O–H groups in total. The van der Waals surface area contributed by atoms with Gasteiger partial charge in [-0.15, -0.1) is 0 Å². The predicted octanol–water partition coefficient (Wildman–Crippen LogP) is 3.83. The Morgan fingerprint density at radius 3 is 2.56 bits per heavy atom. The van der Waals surface area contributed by atoms with Crippen LogP contribution in [0.2, 0.25) is 0 Å². The minimum atomic E-state index is -0.325. The van der Waals surface area contributed by atoms with Gasteiger partial charge in [-0.2, -0.15) is 5.10 Å². The first-order valence-corrected chi connectivity index (χ1v) is 8.88. The van der Waals surface area contributed by atoms with Crippen molar-refractivity contribution in [1.82, 2.24) is 5.43 Å². The molecular weight excluding hydrogens is 316 g/mol. The van der Waals surface area contributed by atoms with E-state index in [4.69, 9.17) is 4.74 Å². The summed E-state index contributed by atoms with van der Waals surface area (Å²) >= 11 is 0. The minimum Gasteiger partial charge on any atom is -0.484 e. The fourth-order valence-corrected chi connectivity index (χ4v) is 3.03. The first kappa shape index (κ1) is 19.2. The zero-order valence-electron chi connectivity index (χ0n) is 15.6. The molecule has 1 aliphatic carbocycles. The lowest BCUT2D eigenvalue weighted by atomic mass is 9.76. The number of ketones is 1. The van der Waals surface area contributed by atoms with Gasteiger partial charge < -0.3 is 4.74 Å². The zero-order chi connectivity index (χ0) is 18.4. The summed E-state index contributed by atoms with van der Waals surface area (Å²) in [5, 5.41) is 4.11. The molecule has 1 aromatic rings. The molecule has 0 saturated heterocycles. The Balaban J connectivity index is 1.82. The van der Waals surface area contributed by atoms with Gasteiger partial charge in [0.15, 0.2) is 6.61 Å². The third-order valence-corrected chi connectivity index (χ3v) is 4.53. The van der Waals surface area contributed by atoms with Crippen LogP contribution in [0.1, 0.15) is 64.9 Å².